The fourth-order valence-corrected chi connectivity index (χ4v) is 3.65. The molecule has 0 bridgehead atoms. The standard InChI is InChI=1S/C18H26N4O3/c23-17(24)2-1-15-5-9-21(10-6-15)18(25)22-13-11-20(12-14-22)16-3-7-19-8-4-16/h3-4,7-8,15H,1-2,5-6,9-14H2,(H,23,24). The van der Waals surface area contributed by atoms with Crippen LogP contribution in [0.2, 0.25) is 0 Å². The molecule has 1 aromatic rings. The Kier molecular flexibility index (Phi) is 5.73. The molecule has 1 aromatic heterocycles. The van der Waals surface area contributed by atoms with Crippen molar-refractivity contribution < 1.29 is 14.7 Å². The Morgan fingerprint density at radius 1 is 1.00 bits per heavy atom. The minimum atomic E-state index is -0.731. The third-order valence-electron chi connectivity index (χ3n) is 5.23. The number of carboxylic acids is 1. The molecule has 25 heavy (non-hydrogen) atoms. The summed E-state index contributed by atoms with van der Waals surface area (Å²) < 4.78 is 0. The third-order valence-corrected chi connectivity index (χ3v) is 5.23. The Bertz CT molecular complexity index is 579. The van der Waals surface area contributed by atoms with Gasteiger partial charge < -0.3 is 19.8 Å². The van der Waals surface area contributed by atoms with Gasteiger partial charge in [-0.3, -0.25) is 9.78 Å². The van der Waals surface area contributed by atoms with E-state index in [9.17, 15) is 9.59 Å². The van der Waals surface area contributed by atoms with Gasteiger partial charge in [-0.1, -0.05) is 0 Å². The van der Waals surface area contributed by atoms with E-state index < -0.39 is 5.97 Å². The van der Waals surface area contributed by atoms with Gasteiger partial charge in [0.2, 0.25) is 0 Å². The van der Waals surface area contributed by atoms with Gasteiger partial charge in [0.1, 0.15) is 0 Å². The monoisotopic (exact) mass is 346 g/mol. The second-order valence-corrected chi connectivity index (χ2v) is 6.82. The summed E-state index contributed by atoms with van der Waals surface area (Å²) in [6.45, 7) is 4.64. The molecule has 7 nitrogen and oxygen atoms in total. The summed E-state index contributed by atoms with van der Waals surface area (Å²) in [5.74, 6) is -0.297. The summed E-state index contributed by atoms with van der Waals surface area (Å²) >= 11 is 0. The number of carbonyl (C=O) groups is 2. The molecule has 1 N–H and O–H groups in total. The Hall–Kier alpha value is -2.31. The smallest absolute Gasteiger partial charge is 0.320 e. The van der Waals surface area contributed by atoms with Crippen LogP contribution in [-0.2, 0) is 4.79 Å². The number of likely N-dealkylation sites (tertiary alicyclic amines) is 1. The lowest BCUT2D eigenvalue weighted by Gasteiger charge is -2.40. The zero-order valence-electron chi connectivity index (χ0n) is 14.5. The lowest BCUT2D eigenvalue weighted by Crippen LogP contribution is -2.54. The van der Waals surface area contributed by atoms with Crippen LogP contribution in [0.4, 0.5) is 10.5 Å². The van der Waals surface area contributed by atoms with Crippen molar-refractivity contribution in [3.63, 3.8) is 0 Å². The van der Waals surface area contributed by atoms with Gasteiger partial charge in [0, 0.05) is 63.8 Å². The Balaban J connectivity index is 1.43. The van der Waals surface area contributed by atoms with Crippen molar-refractivity contribution in [1.29, 1.82) is 0 Å². The molecule has 2 aliphatic heterocycles. The fourth-order valence-electron chi connectivity index (χ4n) is 3.65. The van der Waals surface area contributed by atoms with Crippen molar-refractivity contribution in [2.45, 2.75) is 25.7 Å². The number of pyridine rings is 1. The van der Waals surface area contributed by atoms with E-state index >= 15 is 0 Å². The molecule has 0 saturated carbocycles. The second kappa shape index (κ2) is 8.18. The van der Waals surface area contributed by atoms with Crippen LogP contribution < -0.4 is 4.90 Å². The van der Waals surface area contributed by atoms with E-state index in [1.165, 1.54) is 0 Å². The summed E-state index contributed by atoms with van der Waals surface area (Å²) in [4.78, 5) is 33.6. The van der Waals surface area contributed by atoms with E-state index in [1.807, 2.05) is 21.9 Å². The first kappa shape index (κ1) is 17.5. The van der Waals surface area contributed by atoms with Crippen LogP contribution in [-0.4, -0.2) is 71.2 Å². The number of amides is 2. The molecule has 0 spiro atoms. The normalized spacial score (nSPS) is 19.1. The zero-order valence-corrected chi connectivity index (χ0v) is 14.5. The lowest BCUT2D eigenvalue weighted by atomic mass is 9.92. The number of aliphatic carboxylic acids is 1. The largest absolute Gasteiger partial charge is 0.481 e. The average Bonchev–Trinajstić information content (AvgIpc) is 2.67. The Morgan fingerprint density at radius 3 is 2.20 bits per heavy atom. The molecule has 7 heteroatoms. The zero-order chi connectivity index (χ0) is 17.6. The summed E-state index contributed by atoms with van der Waals surface area (Å²) in [7, 11) is 0. The van der Waals surface area contributed by atoms with Crippen LogP contribution >= 0.6 is 0 Å². The maximum absolute atomic E-state index is 12.7. The number of piperidine rings is 1. The summed E-state index contributed by atoms with van der Waals surface area (Å²) in [6.07, 6.45) is 6.37. The minimum Gasteiger partial charge on any atom is -0.481 e. The summed E-state index contributed by atoms with van der Waals surface area (Å²) in [6, 6.07) is 4.13. The number of hydrogen-bond acceptors (Lipinski definition) is 4. The van der Waals surface area contributed by atoms with Crippen molar-refractivity contribution in [2.24, 2.45) is 5.92 Å². The minimum absolute atomic E-state index is 0.131. The Morgan fingerprint density at radius 2 is 1.60 bits per heavy atom. The number of carbonyl (C=O) groups excluding carboxylic acids is 1. The molecule has 2 fully saturated rings. The van der Waals surface area contributed by atoms with Crippen LogP contribution in [0.1, 0.15) is 25.7 Å². The van der Waals surface area contributed by atoms with Gasteiger partial charge in [0.05, 0.1) is 0 Å². The van der Waals surface area contributed by atoms with Gasteiger partial charge in [-0.05, 0) is 37.3 Å². The van der Waals surface area contributed by atoms with Crippen LogP contribution in [0.15, 0.2) is 24.5 Å². The lowest BCUT2D eigenvalue weighted by molar-refractivity contribution is -0.137. The van der Waals surface area contributed by atoms with Gasteiger partial charge in [-0.2, -0.15) is 0 Å². The van der Waals surface area contributed by atoms with Crippen molar-refractivity contribution in [3.8, 4) is 0 Å². The van der Waals surface area contributed by atoms with Gasteiger partial charge in [-0.15, -0.1) is 0 Å². The maximum Gasteiger partial charge on any atom is 0.320 e. The van der Waals surface area contributed by atoms with Crippen LogP contribution in [0, 0.1) is 5.92 Å². The van der Waals surface area contributed by atoms with E-state index in [4.69, 9.17) is 5.11 Å². The molecule has 2 saturated heterocycles. The molecule has 0 radical (unpaired) electrons. The van der Waals surface area contributed by atoms with E-state index in [2.05, 4.69) is 9.88 Å². The van der Waals surface area contributed by atoms with E-state index in [0.29, 0.717) is 5.92 Å². The highest BCUT2D eigenvalue weighted by Crippen LogP contribution is 2.23. The second-order valence-electron chi connectivity index (χ2n) is 6.82. The molecule has 136 valence electrons. The summed E-state index contributed by atoms with van der Waals surface area (Å²) in [5, 5.41) is 8.78. The predicted octanol–water partition coefficient (Wildman–Crippen LogP) is 1.90. The summed E-state index contributed by atoms with van der Waals surface area (Å²) in [5.41, 5.74) is 1.15. The topological polar surface area (TPSA) is 77.0 Å². The number of carboxylic acid groups (broad SMARTS) is 1. The Labute approximate surface area is 148 Å². The van der Waals surface area contributed by atoms with Crippen molar-refractivity contribution in [3.05, 3.63) is 24.5 Å². The number of anilines is 1. The number of hydrogen-bond donors (Lipinski definition) is 1. The van der Waals surface area contributed by atoms with E-state index in [-0.39, 0.29) is 12.5 Å². The van der Waals surface area contributed by atoms with Crippen LogP contribution in [0.5, 0.6) is 0 Å². The number of nitrogens with zero attached hydrogens (tertiary/aromatic N) is 4. The highest BCUT2D eigenvalue weighted by molar-refractivity contribution is 5.75. The van der Waals surface area contributed by atoms with Gasteiger partial charge >= 0.3 is 12.0 Å². The molecule has 2 amide bonds. The molecular weight excluding hydrogens is 320 g/mol. The van der Waals surface area contributed by atoms with Crippen LogP contribution in [0.25, 0.3) is 0 Å². The third kappa shape index (κ3) is 4.61. The number of piperazine rings is 1. The average molecular weight is 346 g/mol. The first-order valence-corrected chi connectivity index (χ1v) is 9.04. The van der Waals surface area contributed by atoms with Crippen molar-refractivity contribution >= 4 is 17.7 Å². The van der Waals surface area contributed by atoms with Gasteiger partial charge in [0.25, 0.3) is 0 Å². The molecule has 0 unspecified atom stereocenters. The molecule has 3 heterocycles. The van der Waals surface area contributed by atoms with Gasteiger partial charge in [0.15, 0.2) is 0 Å². The molecular formula is C18H26N4O3. The maximum atomic E-state index is 12.7. The number of aromatic nitrogens is 1. The predicted molar refractivity (Wildman–Crippen MR) is 94.6 cm³/mol. The van der Waals surface area contributed by atoms with E-state index in [1.54, 1.807) is 12.4 Å². The first-order chi connectivity index (χ1) is 12.1. The molecule has 3 rings (SSSR count). The van der Waals surface area contributed by atoms with Crippen LogP contribution in [0.3, 0.4) is 0 Å². The van der Waals surface area contributed by atoms with Crippen molar-refractivity contribution in [2.75, 3.05) is 44.2 Å². The fraction of sp³-hybridized carbons (Fsp3) is 0.611. The highest BCUT2D eigenvalue weighted by atomic mass is 16.4. The SMILES string of the molecule is O=C(O)CCC1CCN(C(=O)N2CCN(c3ccncc3)CC2)CC1. The van der Waals surface area contributed by atoms with Crippen molar-refractivity contribution in [1.82, 2.24) is 14.8 Å². The van der Waals surface area contributed by atoms with Gasteiger partial charge in [-0.25, -0.2) is 4.79 Å². The molecule has 0 aliphatic carbocycles. The quantitative estimate of drug-likeness (QED) is 0.901. The molecule has 2 aliphatic rings. The van der Waals surface area contributed by atoms with E-state index in [0.717, 1.165) is 64.2 Å². The molecule has 0 aromatic carbocycles. The first-order valence-electron chi connectivity index (χ1n) is 9.04. The molecule has 0 atom stereocenters. The number of urea groups is 1. The number of rotatable bonds is 4. The highest BCUT2D eigenvalue weighted by Gasteiger charge is 2.28.